The molecular weight excluding hydrogens is 360 g/mol. The van der Waals surface area contributed by atoms with E-state index >= 15 is 0 Å². The summed E-state index contributed by atoms with van der Waals surface area (Å²) in [5.41, 5.74) is 1.46. The average Bonchev–Trinajstić information content (AvgIpc) is 2.62. The van der Waals surface area contributed by atoms with E-state index in [2.05, 4.69) is 4.74 Å². The molecule has 0 radical (unpaired) electrons. The third-order valence-electron chi connectivity index (χ3n) is 3.96. The van der Waals surface area contributed by atoms with Crippen molar-refractivity contribution in [1.82, 2.24) is 0 Å². The molecule has 0 atom stereocenters. The lowest BCUT2D eigenvalue weighted by atomic mass is 10.1. The van der Waals surface area contributed by atoms with Crippen LogP contribution in [0.4, 0.5) is 11.4 Å². The van der Waals surface area contributed by atoms with Crippen LogP contribution in [-0.2, 0) is 19.6 Å². The van der Waals surface area contributed by atoms with E-state index in [4.69, 9.17) is 0 Å². The highest BCUT2D eigenvalue weighted by molar-refractivity contribution is 7.92. The third kappa shape index (κ3) is 3.83. The van der Waals surface area contributed by atoms with Gasteiger partial charge in [0.25, 0.3) is 15.7 Å². The fourth-order valence-corrected chi connectivity index (χ4v) is 3.88. The standard InChI is InChI=1S/C17H18N2O6S/c1-12-6-4-9-16(13(12)2)18(11-17(20)25-3)26(23,24)15-8-5-7-14(10-15)19(21)22/h4-10H,11H2,1-3H3. The highest BCUT2D eigenvalue weighted by atomic mass is 32.2. The maximum absolute atomic E-state index is 13.1. The molecule has 0 aromatic heterocycles. The van der Waals surface area contributed by atoms with E-state index in [0.29, 0.717) is 11.3 Å². The van der Waals surface area contributed by atoms with Crippen molar-refractivity contribution in [3.05, 3.63) is 63.7 Å². The van der Waals surface area contributed by atoms with Crippen molar-refractivity contribution in [2.45, 2.75) is 18.7 Å². The fourth-order valence-electron chi connectivity index (χ4n) is 2.37. The normalized spacial score (nSPS) is 11.0. The number of sulfonamides is 1. The Kier molecular flexibility index (Phi) is 5.61. The number of nitrogens with zero attached hydrogens (tertiary/aromatic N) is 2. The first-order chi connectivity index (χ1) is 12.2. The van der Waals surface area contributed by atoms with Crippen LogP contribution in [0.3, 0.4) is 0 Å². The number of methoxy groups -OCH3 is 1. The first-order valence-corrected chi connectivity index (χ1v) is 9.02. The minimum atomic E-state index is -4.23. The molecule has 0 saturated carbocycles. The predicted octanol–water partition coefficient (Wildman–Crippen LogP) is 2.58. The van der Waals surface area contributed by atoms with Gasteiger partial charge < -0.3 is 4.74 Å². The predicted molar refractivity (Wildman–Crippen MR) is 95.6 cm³/mol. The van der Waals surface area contributed by atoms with Crippen LogP contribution >= 0.6 is 0 Å². The van der Waals surface area contributed by atoms with Gasteiger partial charge in [-0.05, 0) is 37.1 Å². The zero-order valence-electron chi connectivity index (χ0n) is 14.5. The molecule has 0 aliphatic rings. The lowest BCUT2D eigenvalue weighted by Gasteiger charge is -2.25. The molecule has 0 aliphatic heterocycles. The highest BCUT2D eigenvalue weighted by Crippen LogP contribution is 2.29. The van der Waals surface area contributed by atoms with E-state index < -0.39 is 27.5 Å². The van der Waals surface area contributed by atoms with Gasteiger partial charge in [0.05, 0.1) is 22.6 Å². The van der Waals surface area contributed by atoms with Crippen LogP contribution in [0.25, 0.3) is 0 Å². The van der Waals surface area contributed by atoms with Crippen LogP contribution in [0.2, 0.25) is 0 Å². The number of nitro benzene ring substituents is 1. The van der Waals surface area contributed by atoms with E-state index in [1.54, 1.807) is 19.1 Å². The van der Waals surface area contributed by atoms with Crippen molar-refractivity contribution in [3.8, 4) is 0 Å². The number of esters is 1. The lowest BCUT2D eigenvalue weighted by molar-refractivity contribution is -0.385. The van der Waals surface area contributed by atoms with E-state index in [9.17, 15) is 23.3 Å². The summed E-state index contributed by atoms with van der Waals surface area (Å²) in [6, 6.07) is 9.74. The number of benzene rings is 2. The second-order valence-corrected chi connectivity index (χ2v) is 7.42. The molecule has 8 nitrogen and oxygen atoms in total. The van der Waals surface area contributed by atoms with Crippen molar-refractivity contribution in [1.29, 1.82) is 0 Å². The summed E-state index contributed by atoms with van der Waals surface area (Å²) in [4.78, 5) is 21.8. The number of nitro groups is 1. The fraction of sp³-hybridized carbons (Fsp3) is 0.235. The van der Waals surface area contributed by atoms with Crippen molar-refractivity contribution in [3.63, 3.8) is 0 Å². The Labute approximate surface area is 151 Å². The molecule has 2 rings (SSSR count). The quantitative estimate of drug-likeness (QED) is 0.434. The Morgan fingerprint density at radius 1 is 1.19 bits per heavy atom. The van der Waals surface area contributed by atoms with Gasteiger partial charge >= 0.3 is 5.97 Å². The van der Waals surface area contributed by atoms with E-state index in [-0.39, 0.29) is 10.6 Å². The number of aryl methyl sites for hydroxylation is 1. The molecule has 0 amide bonds. The summed E-state index contributed by atoms with van der Waals surface area (Å²) in [6.45, 7) is 3.00. The SMILES string of the molecule is COC(=O)CN(c1cccc(C)c1C)S(=O)(=O)c1cccc([N+](=O)[O-])c1. The van der Waals surface area contributed by atoms with Gasteiger partial charge in [0.1, 0.15) is 6.54 Å². The van der Waals surface area contributed by atoms with Gasteiger partial charge in [-0.2, -0.15) is 0 Å². The summed E-state index contributed by atoms with van der Waals surface area (Å²) >= 11 is 0. The van der Waals surface area contributed by atoms with Crippen molar-refractivity contribution in [2.75, 3.05) is 18.0 Å². The Bertz CT molecular complexity index is 955. The zero-order valence-corrected chi connectivity index (χ0v) is 15.3. The summed E-state index contributed by atoms with van der Waals surface area (Å²) in [5.74, 6) is -0.750. The first-order valence-electron chi connectivity index (χ1n) is 7.58. The number of anilines is 1. The Morgan fingerprint density at radius 2 is 1.85 bits per heavy atom. The maximum atomic E-state index is 13.1. The smallest absolute Gasteiger partial charge is 0.326 e. The number of hydrogen-bond donors (Lipinski definition) is 0. The van der Waals surface area contributed by atoms with Crippen molar-refractivity contribution < 1.29 is 22.9 Å². The Balaban J connectivity index is 2.64. The van der Waals surface area contributed by atoms with Crippen LogP contribution < -0.4 is 4.31 Å². The minimum absolute atomic E-state index is 0.281. The number of hydrogen-bond acceptors (Lipinski definition) is 6. The molecule has 138 valence electrons. The third-order valence-corrected chi connectivity index (χ3v) is 5.72. The van der Waals surface area contributed by atoms with Crippen LogP contribution in [0, 0.1) is 24.0 Å². The molecular formula is C17H18N2O6S. The van der Waals surface area contributed by atoms with Gasteiger partial charge in [-0.15, -0.1) is 0 Å². The average molecular weight is 378 g/mol. The molecule has 2 aromatic rings. The topological polar surface area (TPSA) is 107 Å². The first kappa shape index (κ1) is 19.4. The summed E-state index contributed by atoms with van der Waals surface area (Å²) in [7, 11) is -3.07. The van der Waals surface area contributed by atoms with Crippen LogP contribution in [-0.4, -0.2) is 33.0 Å². The van der Waals surface area contributed by atoms with E-state index in [0.717, 1.165) is 23.0 Å². The second kappa shape index (κ2) is 7.52. The molecule has 0 unspecified atom stereocenters. The van der Waals surface area contributed by atoms with Crippen molar-refractivity contribution >= 4 is 27.4 Å². The van der Waals surface area contributed by atoms with Crippen LogP contribution in [0.1, 0.15) is 11.1 Å². The number of carbonyl (C=O) groups is 1. The van der Waals surface area contributed by atoms with Gasteiger partial charge in [0.15, 0.2) is 0 Å². The lowest BCUT2D eigenvalue weighted by Crippen LogP contribution is -2.37. The summed E-state index contributed by atoms with van der Waals surface area (Å²) in [5, 5.41) is 11.0. The molecule has 0 saturated heterocycles. The molecule has 2 aromatic carbocycles. The second-order valence-electron chi connectivity index (χ2n) is 5.56. The molecule has 0 N–H and O–H groups in total. The minimum Gasteiger partial charge on any atom is -0.468 e. The summed E-state index contributed by atoms with van der Waals surface area (Å²) < 4.78 is 31.8. The largest absolute Gasteiger partial charge is 0.468 e. The van der Waals surface area contributed by atoms with Gasteiger partial charge in [0.2, 0.25) is 0 Å². The maximum Gasteiger partial charge on any atom is 0.326 e. The Morgan fingerprint density at radius 3 is 2.46 bits per heavy atom. The highest BCUT2D eigenvalue weighted by Gasteiger charge is 2.30. The van der Waals surface area contributed by atoms with Gasteiger partial charge in [-0.25, -0.2) is 8.42 Å². The number of non-ortho nitro benzene ring substituents is 1. The zero-order chi connectivity index (χ0) is 19.5. The number of carbonyl (C=O) groups excluding carboxylic acids is 1. The monoisotopic (exact) mass is 378 g/mol. The van der Waals surface area contributed by atoms with Gasteiger partial charge in [-0.1, -0.05) is 18.2 Å². The van der Waals surface area contributed by atoms with Crippen LogP contribution in [0.15, 0.2) is 47.4 Å². The van der Waals surface area contributed by atoms with Gasteiger partial charge in [-0.3, -0.25) is 19.2 Å². The molecule has 0 fully saturated rings. The molecule has 26 heavy (non-hydrogen) atoms. The number of ether oxygens (including phenoxy) is 1. The van der Waals surface area contributed by atoms with E-state index in [1.165, 1.54) is 18.2 Å². The molecule has 0 heterocycles. The molecule has 0 spiro atoms. The van der Waals surface area contributed by atoms with Gasteiger partial charge in [0, 0.05) is 12.1 Å². The van der Waals surface area contributed by atoms with Crippen LogP contribution in [0.5, 0.6) is 0 Å². The molecule has 9 heteroatoms. The molecule has 0 bridgehead atoms. The Hall–Kier alpha value is -2.94. The summed E-state index contributed by atoms with van der Waals surface area (Å²) in [6.07, 6.45) is 0. The number of rotatable bonds is 6. The molecule has 0 aliphatic carbocycles. The van der Waals surface area contributed by atoms with E-state index in [1.807, 2.05) is 13.0 Å². The van der Waals surface area contributed by atoms with Crippen molar-refractivity contribution in [2.24, 2.45) is 0 Å².